The highest BCUT2D eigenvalue weighted by Crippen LogP contribution is 2.27. The Labute approximate surface area is 153 Å². The normalized spacial score (nSPS) is 11.8. The summed E-state index contributed by atoms with van der Waals surface area (Å²) in [4.78, 5) is 17.3. The highest BCUT2D eigenvalue weighted by atomic mass is 16.6. The largest absolute Gasteiger partial charge is 0.493 e. The van der Waals surface area contributed by atoms with Gasteiger partial charge in [-0.25, -0.2) is 0 Å². The van der Waals surface area contributed by atoms with E-state index in [1.165, 1.54) is 6.21 Å². The van der Waals surface area contributed by atoms with Crippen molar-refractivity contribution in [3.63, 3.8) is 0 Å². The van der Waals surface area contributed by atoms with Crippen LogP contribution in [0.1, 0.15) is 25.0 Å². The second-order valence-electron chi connectivity index (χ2n) is 5.53. The molecule has 6 nitrogen and oxygen atoms in total. The summed E-state index contributed by atoms with van der Waals surface area (Å²) in [6, 6.07) is 15.1. The molecular weight excluding hydrogens is 332 g/mol. The van der Waals surface area contributed by atoms with Gasteiger partial charge in [0.1, 0.15) is 0 Å². The Morgan fingerprint density at radius 1 is 1.19 bits per heavy atom. The molecule has 2 aromatic carbocycles. The first-order valence-electron chi connectivity index (χ1n) is 8.45. The van der Waals surface area contributed by atoms with E-state index >= 15 is 0 Å². The molecule has 138 valence electrons. The Hall–Kier alpha value is -3.02. The van der Waals surface area contributed by atoms with Crippen LogP contribution in [0.5, 0.6) is 11.5 Å². The third-order valence-electron chi connectivity index (χ3n) is 3.59. The number of hydrogen-bond donors (Lipinski definition) is 1. The lowest BCUT2D eigenvalue weighted by atomic mass is 10.2. The van der Waals surface area contributed by atoms with Crippen LogP contribution in [0.3, 0.4) is 0 Å². The smallest absolute Gasteiger partial charge is 0.263 e. The molecule has 0 aliphatic rings. The number of ether oxygens (including phenoxy) is 2. The number of carbonyl (C=O) groups excluding carboxylic acids is 1. The first-order chi connectivity index (χ1) is 12.6. The van der Waals surface area contributed by atoms with Gasteiger partial charge in [-0.1, -0.05) is 35.5 Å². The molecule has 0 saturated carbocycles. The average molecular weight is 356 g/mol. The standard InChI is InChI=1S/C20H24N2O4/c1-4-25-18-11-10-17(12-19(18)24-3)14-22-26-15(2)20(23)21-13-16-8-6-5-7-9-16/h5-12,14-15H,4,13H2,1-3H3,(H,21,23)/b22-14-/t15-/m0/s1. The molecule has 0 fully saturated rings. The maximum atomic E-state index is 12.0. The van der Waals surface area contributed by atoms with Crippen LogP contribution in [0.4, 0.5) is 0 Å². The van der Waals surface area contributed by atoms with Crippen molar-refractivity contribution in [2.75, 3.05) is 13.7 Å². The number of amides is 1. The molecule has 0 aliphatic heterocycles. The number of nitrogens with zero attached hydrogens (tertiary/aromatic N) is 1. The SMILES string of the molecule is CCOc1ccc(/C=N\O[C@@H](C)C(=O)NCc2ccccc2)cc1OC. The molecule has 0 unspecified atom stereocenters. The molecule has 0 aliphatic carbocycles. The van der Waals surface area contributed by atoms with E-state index in [1.54, 1.807) is 26.2 Å². The molecule has 6 heteroatoms. The summed E-state index contributed by atoms with van der Waals surface area (Å²) in [5.74, 6) is 1.06. The molecule has 0 aromatic heterocycles. The number of oxime groups is 1. The van der Waals surface area contributed by atoms with E-state index in [9.17, 15) is 4.79 Å². The Kier molecular flexibility index (Phi) is 7.49. The lowest BCUT2D eigenvalue weighted by molar-refractivity contribution is -0.131. The van der Waals surface area contributed by atoms with Gasteiger partial charge in [-0.05, 0) is 37.6 Å². The fourth-order valence-electron chi connectivity index (χ4n) is 2.20. The van der Waals surface area contributed by atoms with Crippen LogP contribution in [0.2, 0.25) is 0 Å². The summed E-state index contributed by atoms with van der Waals surface area (Å²) in [5.41, 5.74) is 1.81. The highest BCUT2D eigenvalue weighted by Gasteiger charge is 2.13. The lowest BCUT2D eigenvalue weighted by Crippen LogP contribution is -2.33. The number of rotatable bonds is 9. The summed E-state index contributed by atoms with van der Waals surface area (Å²) in [6.07, 6.45) is 0.832. The van der Waals surface area contributed by atoms with Gasteiger partial charge in [0.25, 0.3) is 5.91 Å². The maximum Gasteiger partial charge on any atom is 0.263 e. The maximum absolute atomic E-state index is 12.0. The third kappa shape index (κ3) is 5.81. The molecule has 1 N–H and O–H groups in total. The van der Waals surface area contributed by atoms with Gasteiger partial charge in [0.05, 0.1) is 19.9 Å². The predicted octanol–water partition coefficient (Wildman–Crippen LogP) is 3.15. The van der Waals surface area contributed by atoms with E-state index < -0.39 is 6.10 Å². The van der Waals surface area contributed by atoms with Crippen LogP contribution < -0.4 is 14.8 Å². The van der Waals surface area contributed by atoms with E-state index in [-0.39, 0.29) is 5.91 Å². The van der Waals surface area contributed by atoms with Gasteiger partial charge in [-0.2, -0.15) is 0 Å². The summed E-state index contributed by atoms with van der Waals surface area (Å²) in [7, 11) is 1.58. The summed E-state index contributed by atoms with van der Waals surface area (Å²) in [5, 5.41) is 6.70. The van der Waals surface area contributed by atoms with Crippen LogP contribution in [-0.2, 0) is 16.2 Å². The highest BCUT2D eigenvalue weighted by molar-refractivity contribution is 5.82. The van der Waals surface area contributed by atoms with Gasteiger partial charge in [0.2, 0.25) is 6.10 Å². The minimum atomic E-state index is -0.695. The number of benzene rings is 2. The van der Waals surface area contributed by atoms with Crippen molar-refractivity contribution < 1.29 is 19.1 Å². The van der Waals surface area contributed by atoms with Crippen LogP contribution >= 0.6 is 0 Å². The monoisotopic (exact) mass is 356 g/mol. The molecule has 0 saturated heterocycles. The molecule has 26 heavy (non-hydrogen) atoms. The molecule has 0 bridgehead atoms. The van der Waals surface area contributed by atoms with Crippen molar-refractivity contribution in [1.82, 2.24) is 5.32 Å². The Morgan fingerprint density at radius 2 is 1.96 bits per heavy atom. The number of nitrogens with one attached hydrogen (secondary N) is 1. The van der Waals surface area contributed by atoms with E-state index in [0.717, 1.165) is 11.1 Å². The fourth-order valence-corrected chi connectivity index (χ4v) is 2.20. The minimum absolute atomic E-state index is 0.227. The second kappa shape index (κ2) is 10.1. The Bertz CT molecular complexity index is 732. The lowest BCUT2D eigenvalue weighted by Gasteiger charge is -2.11. The van der Waals surface area contributed by atoms with E-state index in [4.69, 9.17) is 14.3 Å². The summed E-state index contributed by atoms with van der Waals surface area (Å²) >= 11 is 0. The molecule has 0 radical (unpaired) electrons. The van der Waals surface area contributed by atoms with Gasteiger partial charge in [0, 0.05) is 12.1 Å². The van der Waals surface area contributed by atoms with Gasteiger partial charge >= 0.3 is 0 Å². The zero-order valence-electron chi connectivity index (χ0n) is 15.3. The third-order valence-corrected chi connectivity index (χ3v) is 3.59. The van der Waals surface area contributed by atoms with Crippen LogP contribution in [0.25, 0.3) is 0 Å². The topological polar surface area (TPSA) is 69.2 Å². The minimum Gasteiger partial charge on any atom is -0.493 e. The van der Waals surface area contributed by atoms with Crippen LogP contribution in [-0.4, -0.2) is 31.9 Å². The van der Waals surface area contributed by atoms with Crippen molar-refractivity contribution >= 4 is 12.1 Å². The molecular formula is C20H24N2O4. The Morgan fingerprint density at radius 3 is 2.65 bits per heavy atom. The van der Waals surface area contributed by atoms with Crippen molar-refractivity contribution in [2.24, 2.45) is 5.16 Å². The number of carbonyl (C=O) groups is 1. The molecule has 2 rings (SSSR count). The summed E-state index contributed by atoms with van der Waals surface area (Å²) < 4.78 is 10.8. The van der Waals surface area contributed by atoms with Gasteiger partial charge in [-0.15, -0.1) is 0 Å². The van der Waals surface area contributed by atoms with Crippen LogP contribution in [0.15, 0.2) is 53.7 Å². The van der Waals surface area contributed by atoms with E-state index in [0.29, 0.717) is 24.7 Å². The van der Waals surface area contributed by atoms with Crippen molar-refractivity contribution in [1.29, 1.82) is 0 Å². The van der Waals surface area contributed by atoms with Crippen LogP contribution in [0, 0.1) is 0 Å². The van der Waals surface area contributed by atoms with Crippen molar-refractivity contribution in [3.05, 3.63) is 59.7 Å². The molecule has 0 spiro atoms. The zero-order chi connectivity index (χ0) is 18.8. The fraction of sp³-hybridized carbons (Fsp3) is 0.300. The number of methoxy groups -OCH3 is 1. The Balaban J connectivity index is 1.85. The first-order valence-corrected chi connectivity index (χ1v) is 8.45. The molecule has 1 atom stereocenters. The molecule has 1 amide bonds. The van der Waals surface area contributed by atoms with E-state index in [1.807, 2.05) is 43.3 Å². The second-order valence-corrected chi connectivity index (χ2v) is 5.53. The van der Waals surface area contributed by atoms with Gasteiger partial charge in [-0.3, -0.25) is 4.79 Å². The molecule has 2 aromatic rings. The first kappa shape index (κ1) is 19.3. The van der Waals surface area contributed by atoms with Gasteiger partial charge in [0.15, 0.2) is 11.5 Å². The quantitative estimate of drug-likeness (QED) is 0.553. The van der Waals surface area contributed by atoms with Gasteiger partial charge < -0.3 is 19.6 Å². The van der Waals surface area contributed by atoms with Crippen molar-refractivity contribution in [2.45, 2.75) is 26.5 Å². The van der Waals surface area contributed by atoms with Crippen molar-refractivity contribution in [3.8, 4) is 11.5 Å². The zero-order valence-corrected chi connectivity index (χ0v) is 15.3. The summed E-state index contributed by atoms with van der Waals surface area (Å²) in [6.45, 7) is 4.57. The average Bonchev–Trinajstić information content (AvgIpc) is 2.68. The predicted molar refractivity (Wildman–Crippen MR) is 101 cm³/mol. The van der Waals surface area contributed by atoms with E-state index in [2.05, 4.69) is 10.5 Å². The molecule has 0 heterocycles. The number of hydrogen-bond acceptors (Lipinski definition) is 5.